The molecule has 0 aromatic heterocycles. The lowest BCUT2D eigenvalue weighted by Crippen LogP contribution is -2.39. The van der Waals surface area contributed by atoms with Crippen LogP contribution in [0, 0.1) is 0 Å². The van der Waals surface area contributed by atoms with E-state index in [9.17, 15) is 14.4 Å². The molecular weight excluding hydrogens is 376 g/mol. The number of rotatable bonds is 9. The molecule has 0 saturated heterocycles. The molecule has 0 radical (unpaired) electrons. The predicted octanol–water partition coefficient (Wildman–Crippen LogP) is 2.45. The number of hydrogen-bond donors (Lipinski definition) is 2. The first-order valence-corrected chi connectivity index (χ1v) is 8.76. The minimum Gasteiger partial charge on any atom is -0.481 e. The van der Waals surface area contributed by atoms with Crippen molar-refractivity contribution in [3.05, 3.63) is 59.7 Å². The lowest BCUT2D eigenvalue weighted by Gasteiger charge is -2.14. The molecule has 0 aliphatic heterocycles. The number of nitrogens with one attached hydrogen (secondary N) is 1. The van der Waals surface area contributed by atoms with Gasteiger partial charge in [-0.15, -0.1) is 5.11 Å². The average molecular weight is 398 g/mol. The van der Waals surface area contributed by atoms with Crippen molar-refractivity contribution in [3.63, 3.8) is 0 Å². The molecule has 0 heterocycles. The van der Waals surface area contributed by atoms with Crippen molar-refractivity contribution in [1.29, 1.82) is 0 Å². The van der Waals surface area contributed by atoms with Gasteiger partial charge in [0.2, 0.25) is 0 Å². The fourth-order valence-electron chi connectivity index (χ4n) is 2.24. The molecule has 29 heavy (non-hydrogen) atoms. The van der Waals surface area contributed by atoms with Crippen LogP contribution in [0.1, 0.15) is 22.8 Å². The summed E-state index contributed by atoms with van der Waals surface area (Å²) in [5, 5.41) is 20.3. The Morgan fingerprint density at radius 1 is 1.03 bits per heavy atom. The normalized spacial score (nSPS) is 11.7. The second kappa shape index (κ2) is 9.98. The van der Waals surface area contributed by atoms with Crippen molar-refractivity contribution in [1.82, 2.24) is 10.3 Å². The van der Waals surface area contributed by atoms with E-state index in [4.69, 9.17) is 9.84 Å². The number of carboxylic acids is 1. The molecule has 0 aliphatic rings. The molecule has 2 N–H and O–H groups in total. The lowest BCUT2D eigenvalue weighted by molar-refractivity contribution is -0.139. The van der Waals surface area contributed by atoms with Crippen molar-refractivity contribution in [2.24, 2.45) is 10.3 Å². The monoisotopic (exact) mass is 398 g/mol. The Bertz CT molecular complexity index is 892. The summed E-state index contributed by atoms with van der Waals surface area (Å²) in [6.07, 6.45) is -0.875. The van der Waals surface area contributed by atoms with E-state index in [1.54, 1.807) is 67.6 Å². The molecule has 0 aliphatic carbocycles. The van der Waals surface area contributed by atoms with E-state index < -0.39 is 24.5 Å². The zero-order valence-electron chi connectivity index (χ0n) is 16.3. The van der Waals surface area contributed by atoms with Gasteiger partial charge in [0.25, 0.3) is 5.91 Å². The quantitative estimate of drug-likeness (QED) is 0.380. The average Bonchev–Trinajstić information content (AvgIpc) is 2.70. The number of ether oxygens (including phenoxy) is 1. The van der Waals surface area contributed by atoms with Crippen LogP contribution in [0.4, 0.5) is 5.69 Å². The van der Waals surface area contributed by atoms with Crippen LogP contribution in [0.3, 0.4) is 0 Å². The van der Waals surface area contributed by atoms with Gasteiger partial charge < -0.3 is 15.2 Å². The van der Waals surface area contributed by atoms with Gasteiger partial charge in [0.05, 0.1) is 5.69 Å². The number of carboxylic acid groups (broad SMARTS) is 1. The second-order valence-electron chi connectivity index (χ2n) is 6.31. The van der Waals surface area contributed by atoms with Gasteiger partial charge in [-0.05, 0) is 55.5 Å². The van der Waals surface area contributed by atoms with Gasteiger partial charge in [0.15, 0.2) is 11.9 Å². The van der Waals surface area contributed by atoms with Gasteiger partial charge >= 0.3 is 5.97 Å². The minimum absolute atomic E-state index is 0.167. The van der Waals surface area contributed by atoms with Crippen LogP contribution in [0.2, 0.25) is 0 Å². The molecule has 1 amide bonds. The molecule has 0 fully saturated rings. The maximum atomic E-state index is 12.6. The van der Waals surface area contributed by atoms with Crippen LogP contribution in [0.15, 0.2) is 58.9 Å². The molecule has 2 rings (SSSR count). The third-order valence-electron chi connectivity index (χ3n) is 3.68. The third kappa shape index (κ3) is 6.73. The molecule has 9 heteroatoms. The SMILES string of the molecule is CC(Oc1ccc(C(=O)c2ccc(/N=N/N(C)C)cc2)cc1)C(=O)NCC(=O)O. The number of hydrogen-bond acceptors (Lipinski definition) is 6. The number of nitrogens with zero attached hydrogens (tertiary/aromatic N) is 3. The number of carbonyl (C=O) groups is 3. The Hall–Kier alpha value is -3.75. The summed E-state index contributed by atoms with van der Waals surface area (Å²) in [7, 11) is 3.52. The smallest absolute Gasteiger partial charge is 0.322 e. The Morgan fingerprint density at radius 3 is 2.10 bits per heavy atom. The van der Waals surface area contributed by atoms with Crippen LogP contribution in [-0.2, 0) is 9.59 Å². The van der Waals surface area contributed by atoms with Gasteiger partial charge in [-0.2, -0.15) is 0 Å². The van der Waals surface area contributed by atoms with Crippen LogP contribution in [0.25, 0.3) is 0 Å². The number of amides is 1. The summed E-state index contributed by atoms with van der Waals surface area (Å²) >= 11 is 0. The maximum absolute atomic E-state index is 12.6. The Labute approximate surface area is 168 Å². The summed E-state index contributed by atoms with van der Waals surface area (Å²) in [4.78, 5) is 34.8. The largest absolute Gasteiger partial charge is 0.481 e. The van der Waals surface area contributed by atoms with Gasteiger partial charge in [-0.3, -0.25) is 19.4 Å². The first-order valence-electron chi connectivity index (χ1n) is 8.76. The molecule has 0 spiro atoms. The molecule has 0 saturated carbocycles. The molecule has 2 aromatic rings. The predicted molar refractivity (Wildman–Crippen MR) is 105 cm³/mol. The molecule has 1 atom stereocenters. The molecule has 2 aromatic carbocycles. The first-order chi connectivity index (χ1) is 13.8. The standard InChI is InChI=1S/C20H22N4O5/c1-13(20(28)21-12-18(25)26)29-17-10-6-15(7-11-17)19(27)14-4-8-16(9-5-14)22-23-24(2)3/h4-11,13H,12H2,1-3H3,(H,21,28)(H,25,26)/b23-22+. The van der Waals surface area contributed by atoms with Crippen LogP contribution in [0.5, 0.6) is 5.75 Å². The van der Waals surface area contributed by atoms with Crippen molar-refractivity contribution in [3.8, 4) is 5.75 Å². The topological polar surface area (TPSA) is 121 Å². The van der Waals surface area contributed by atoms with E-state index in [1.165, 1.54) is 6.92 Å². The Morgan fingerprint density at radius 2 is 1.59 bits per heavy atom. The van der Waals surface area contributed by atoms with E-state index in [0.29, 0.717) is 22.6 Å². The number of aliphatic carboxylic acids is 1. The summed E-state index contributed by atoms with van der Waals surface area (Å²) in [6.45, 7) is 1.03. The Kier molecular flexibility index (Phi) is 7.41. The molecule has 152 valence electrons. The fraction of sp³-hybridized carbons (Fsp3) is 0.250. The number of ketones is 1. The fourth-order valence-corrected chi connectivity index (χ4v) is 2.24. The molecular formula is C20H22N4O5. The summed E-state index contributed by atoms with van der Waals surface area (Å²) in [5.41, 5.74) is 1.60. The van der Waals surface area contributed by atoms with Gasteiger partial charge in [-0.1, -0.05) is 5.22 Å². The van der Waals surface area contributed by atoms with Gasteiger partial charge in [-0.25, -0.2) is 0 Å². The van der Waals surface area contributed by atoms with Crippen molar-refractivity contribution >= 4 is 23.3 Å². The van der Waals surface area contributed by atoms with Crippen LogP contribution in [-0.4, -0.2) is 54.5 Å². The summed E-state index contributed by atoms with van der Waals surface area (Å²) < 4.78 is 5.47. The van der Waals surface area contributed by atoms with Crippen molar-refractivity contribution in [2.45, 2.75) is 13.0 Å². The highest BCUT2D eigenvalue weighted by Gasteiger charge is 2.16. The maximum Gasteiger partial charge on any atom is 0.322 e. The number of carbonyl (C=O) groups excluding carboxylic acids is 2. The second-order valence-corrected chi connectivity index (χ2v) is 6.31. The highest BCUT2D eigenvalue weighted by Crippen LogP contribution is 2.19. The highest BCUT2D eigenvalue weighted by molar-refractivity contribution is 6.09. The van der Waals surface area contributed by atoms with E-state index in [0.717, 1.165) is 0 Å². The zero-order valence-corrected chi connectivity index (χ0v) is 16.3. The lowest BCUT2D eigenvalue weighted by atomic mass is 10.0. The molecule has 9 nitrogen and oxygen atoms in total. The van der Waals surface area contributed by atoms with Crippen molar-refractivity contribution in [2.75, 3.05) is 20.6 Å². The minimum atomic E-state index is -1.14. The van der Waals surface area contributed by atoms with Gasteiger partial charge in [0, 0.05) is 25.2 Å². The van der Waals surface area contributed by atoms with E-state index in [1.807, 2.05) is 0 Å². The van der Waals surface area contributed by atoms with E-state index in [2.05, 4.69) is 15.7 Å². The zero-order chi connectivity index (χ0) is 21.4. The van der Waals surface area contributed by atoms with E-state index >= 15 is 0 Å². The molecule has 0 bridgehead atoms. The van der Waals surface area contributed by atoms with Crippen LogP contribution >= 0.6 is 0 Å². The molecule has 1 unspecified atom stereocenters. The Balaban J connectivity index is 1.99. The van der Waals surface area contributed by atoms with Crippen molar-refractivity contribution < 1.29 is 24.2 Å². The van der Waals surface area contributed by atoms with E-state index in [-0.39, 0.29) is 5.78 Å². The van der Waals surface area contributed by atoms with Crippen LogP contribution < -0.4 is 10.1 Å². The third-order valence-corrected chi connectivity index (χ3v) is 3.68. The number of benzene rings is 2. The first kappa shape index (κ1) is 21.5. The van der Waals surface area contributed by atoms with Gasteiger partial charge in [0.1, 0.15) is 12.3 Å². The summed E-state index contributed by atoms with van der Waals surface area (Å²) in [6, 6.07) is 13.1. The highest BCUT2D eigenvalue weighted by atomic mass is 16.5. The summed E-state index contributed by atoms with van der Waals surface area (Å²) in [5.74, 6) is -1.46.